The van der Waals surface area contributed by atoms with Crippen molar-refractivity contribution in [3.8, 4) is 5.69 Å². The Balaban J connectivity index is 1.43. The predicted molar refractivity (Wildman–Crippen MR) is 117 cm³/mol. The van der Waals surface area contributed by atoms with E-state index in [4.69, 9.17) is 16.3 Å². The maximum Gasteiger partial charge on any atom is 0.410 e. The van der Waals surface area contributed by atoms with E-state index in [0.29, 0.717) is 35.4 Å². The molecule has 3 aromatic rings. The van der Waals surface area contributed by atoms with Crippen LogP contribution in [0.5, 0.6) is 0 Å². The van der Waals surface area contributed by atoms with Gasteiger partial charge < -0.3 is 9.64 Å². The van der Waals surface area contributed by atoms with Gasteiger partial charge in [0.1, 0.15) is 5.60 Å². The summed E-state index contributed by atoms with van der Waals surface area (Å²) < 4.78 is 6.89. The van der Waals surface area contributed by atoms with Crippen LogP contribution in [0.3, 0.4) is 0 Å². The number of hydrogen-bond acceptors (Lipinski definition) is 7. The van der Waals surface area contributed by atoms with Gasteiger partial charge in [0.25, 0.3) is 5.91 Å². The normalized spacial score (nSPS) is 13.6. The molecule has 0 bridgehead atoms. The largest absolute Gasteiger partial charge is 0.444 e. The van der Waals surface area contributed by atoms with Gasteiger partial charge >= 0.3 is 6.09 Å². The first kappa shape index (κ1) is 21.3. The Morgan fingerprint density at radius 3 is 2.77 bits per heavy atom. The smallest absolute Gasteiger partial charge is 0.410 e. The number of fused-ring (bicyclic) bond motifs is 1. The lowest BCUT2D eigenvalue weighted by Gasteiger charge is -2.29. The van der Waals surface area contributed by atoms with Crippen molar-refractivity contribution in [2.24, 2.45) is 0 Å². The number of halogens is 1. The molecule has 11 heteroatoms. The topological polar surface area (TPSA) is 102 Å². The summed E-state index contributed by atoms with van der Waals surface area (Å²) in [4.78, 5) is 32.0. The van der Waals surface area contributed by atoms with Crippen LogP contribution in [0.1, 0.15) is 41.8 Å². The number of rotatable bonds is 3. The molecule has 0 saturated heterocycles. The summed E-state index contributed by atoms with van der Waals surface area (Å²) in [5, 5.41) is 11.6. The first-order valence-electron chi connectivity index (χ1n) is 9.65. The fourth-order valence-corrected chi connectivity index (χ4v) is 4.26. The SMILES string of the molecule is CC(C)(C)OC(=O)N1CCc2nc(NC(=O)c3cn(-c4ccccc4Cl)nn3)sc2C1. The van der Waals surface area contributed by atoms with Gasteiger partial charge in [-0.1, -0.05) is 40.3 Å². The van der Waals surface area contributed by atoms with Gasteiger partial charge in [-0.15, -0.1) is 5.10 Å². The minimum atomic E-state index is -0.550. The summed E-state index contributed by atoms with van der Waals surface area (Å²) in [6, 6.07) is 7.15. The highest BCUT2D eigenvalue weighted by Crippen LogP contribution is 2.29. The molecule has 0 spiro atoms. The monoisotopic (exact) mass is 460 g/mol. The van der Waals surface area contributed by atoms with Crippen LogP contribution >= 0.6 is 22.9 Å². The van der Waals surface area contributed by atoms with Crippen LogP contribution in [-0.4, -0.2) is 49.0 Å². The third-order valence-corrected chi connectivity index (χ3v) is 5.75. The number of amides is 2. The molecule has 0 radical (unpaired) electrons. The van der Waals surface area contributed by atoms with Gasteiger partial charge in [0, 0.05) is 17.8 Å². The molecule has 1 aliphatic rings. The van der Waals surface area contributed by atoms with Gasteiger partial charge in [-0.05, 0) is 32.9 Å². The fourth-order valence-electron chi connectivity index (χ4n) is 3.02. The Hall–Kier alpha value is -2.98. The first-order valence-corrected chi connectivity index (χ1v) is 10.8. The van der Waals surface area contributed by atoms with Crippen LogP contribution in [0.25, 0.3) is 5.69 Å². The summed E-state index contributed by atoms with van der Waals surface area (Å²) in [5.74, 6) is -0.423. The molecule has 0 aliphatic carbocycles. The quantitative estimate of drug-likeness (QED) is 0.635. The second-order valence-electron chi connectivity index (χ2n) is 7.99. The highest BCUT2D eigenvalue weighted by Gasteiger charge is 2.28. The van der Waals surface area contributed by atoms with Gasteiger partial charge in [-0.3, -0.25) is 10.1 Å². The van der Waals surface area contributed by atoms with Crippen LogP contribution in [0.2, 0.25) is 5.02 Å². The van der Waals surface area contributed by atoms with E-state index >= 15 is 0 Å². The van der Waals surface area contributed by atoms with Crippen molar-refractivity contribution in [2.45, 2.75) is 39.3 Å². The molecule has 9 nitrogen and oxygen atoms in total. The van der Waals surface area contributed by atoms with Gasteiger partial charge in [-0.2, -0.15) is 0 Å². The zero-order chi connectivity index (χ0) is 22.2. The Morgan fingerprint density at radius 1 is 1.26 bits per heavy atom. The van der Waals surface area contributed by atoms with Gasteiger partial charge in [0.15, 0.2) is 10.8 Å². The number of aromatic nitrogens is 4. The Labute approximate surface area is 188 Å². The average molecular weight is 461 g/mol. The van der Waals surface area contributed by atoms with Crippen LogP contribution in [-0.2, 0) is 17.7 Å². The number of benzene rings is 1. The lowest BCUT2D eigenvalue weighted by molar-refractivity contribution is 0.0225. The van der Waals surface area contributed by atoms with E-state index in [2.05, 4.69) is 20.6 Å². The van der Waals surface area contributed by atoms with E-state index in [1.165, 1.54) is 22.2 Å². The standard InChI is InChI=1S/C20H21ClN6O3S/c1-20(2,3)30-19(29)26-9-8-13-16(11-26)31-18(22-13)23-17(28)14-10-27(25-24-14)15-7-5-4-6-12(15)21/h4-7,10H,8-9,11H2,1-3H3,(H,22,23,28). The van der Waals surface area contributed by atoms with Crippen LogP contribution in [0.15, 0.2) is 30.5 Å². The molecule has 31 heavy (non-hydrogen) atoms. The van der Waals surface area contributed by atoms with Crippen LogP contribution in [0.4, 0.5) is 9.93 Å². The third-order valence-electron chi connectivity index (χ3n) is 4.43. The highest BCUT2D eigenvalue weighted by atomic mass is 35.5. The number of carbonyl (C=O) groups excluding carboxylic acids is 2. The summed E-state index contributed by atoms with van der Waals surface area (Å²) in [7, 11) is 0. The van der Waals surface area contributed by atoms with E-state index in [1.54, 1.807) is 17.0 Å². The Morgan fingerprint density at radius 2 is 2.03 bits per heavy atom. The van der Waals surface area contributed by atoms with Crippen LogP contribution < -0.4 is 5.32 Å². The van der Waals surface area contributed by atoms with E-state index in [0.717, 1.165) is 10.6 Å². The lowest BCUT2D eigenvalue weighted by Crippen LogP contribution is -2.39. The van der Waals surface area contributed by atoms with Crippen molar-refractivity contribution in [2.75, 3.05) is 11.9 Å². The number of hydrogen-bond donors (Lipinski definition) is 1. The number of anilines is 1. The second-order valence-corrected chi connectivity index (χ2v) is 9.49. The summed E-state index contributed by atoms with van der Waals surface area (Å²) in [5.41, 5.74) is 1.09. The number of para-hydroxylation sites is 1. The molecule has 1 aliphatic heterocycles. The van der Waals surface area contributed by atoms with E-state index in [9.17, 15) is 9.59 Å². The molecular formula is C20H21ClN6O3S. The number of thiazole rings is 1. The van der Waals surface area contributed by atoms with Crippen molar-refractivity contribution < 1.29 is 14.3 Å². The fraction of sp³-hybridized carbons (Fsp3) is 0.350. The lowest BCUT2D eigenvalue weighted by atomic mass is 10.2. The Bertz CT molecular complexity index is 1140. The molecular weight excluding hydrogens is 440 g/mol. The highest BCUT2D eigenvalue weighted by molar-refractivity contribution is 7.15. The maximum atomic E-state index is 12.6. The second kappa shape index (κ2) is 8.27. The zero-order valence-corrected chi connectivity index (χ0v) is 18.8. The molecule has 2 aromatic heterocycles. The molecule has 0 saturated carbocycles. The van der Waals surface area contributed by atoms with Crippen molar-refractivity contribution in [3.63, 3.8) is 0 Å². The molecule has 1 N–H and O–H groups in total. The summed E-state index contributed by atoms with van der Waals surface area (Å²) in [6.07, 6.45) is 1.76. The number of nitrogens with one attached hydrogen (secondary N) is 1. The molecule has 1 aromatic carbocycles. The molecule has 0 atom stereocenters. The number of carbonyl (C=O) groups is 2. The average Bonchev–Trinajstić information content (AvgIpc) is 3.33. The molecule has 3 heterocycles. The zero-order valence-electron chi connectivity index (χ0n) is 17.3. The molecule has 0 unspecified atom stereocenters. The van der Waals surface area contributed by atoms with E-state index < -0.39 is 11.5 Å². The number of ether oxygens (including phenoxy) is 1. The number of nitrogens with zero attached hydrogens (tertiary/aromatic N) is 5. The van der Waals surface area contributed by atoms with Crippen molar-refractivity contribution in [1.82, 2.24) is 24.9 Å². The molecule has 4 rings (SSSR count). The molecule has 0 fully saturated rings. The van der Waals surface area contributed by atoms with Crippen molar-refractivity contribution in [1.29, 1.82) is 0 Å². The maximum absolute atomic E-state index is 12.6. The minimum Gasteiger partial charge on any atom is -0.444 e. The first-order chi connectivity index (χ1) is 14.7. The predicted octanol–water partition coefficient (Wildman–Crippen LogP) is 3.92. The van der Waals surface area contributed by atoms with E-state index in [1.807, 2.05) is 32.9 Å². The summed E-state index contributed by atoms with van der Waals surface area (Å²) in [6.45, 7) is 6.43. The molecule has 162 valence electrons. The minimum absolute atomic E-state index is 0.142. The van der Waals surface area contributed by atoms with E-state index in [-0.39, 0.29) is 11.8 Å². The molecule has 2 amide bonds. The van der Waals surface area contributed by atoms with Gasteiger partial charge in [-0.25, -0.2) is 14.5 Å². The Kier molecular flexibility index (Phi) is 5.67. The third kappa shape index (κ3) is 4.86. The van der Waals surface area contributed by atoms with Crippen LogP contribution in [0, 0.1) is 0 Å². The van der Waals surface area contributed by atoms with Crippen molar-refractivity contribution in [3.05, 3.63) is 51.7 Å². The van der Waals surface area contributed by atoms with Gasteiger partial charge in [0.2, 0.25) is 0 Å². The summed E-state index contributed by atoms with van der Waals surface area (Å²) >= 11 is 7.50. The van der Waals surface area contributed by atoms with Crippen molar-refractivity contribution >= 4 is 40.1 Å². The van der Waals surface area contributed by atoms with Gasteiger partial charge in [0.05, 0.1) is 29.1 Å².